The van der Waals surface area contributed by atoms with Gasteiger partial charge in [-0.3, -0.25) is 0 Å². The summed E-state index contributed by atoms with van der Waals surface area (Å²) in [5, 5.41) is 0. The van der Waals surface area contributed by atoms with Crippen LogP contribution in [0.25, 0.3) is 0 Å². The highest BCUT2D eigenvalue weighted by atomic mass is 32.2. The maximum Gasteiger partial charge on any atom is 0.190 e. The molecule has 0 bridgehead atoms. The molecule has 1 nitrogen and oxygen atoms in total. The Morgan fingerprint density at radius 1 is 1.25 bits per heavy atom. The number of benzene rings is 1. The molecule has 0 aromatic heterocycles. The van der Waals surface area contributed by atoms with Gasteiger partial charge >= 0.3 is 0 Å². The maximum atomic E-state index is 12.5. The van der Waals surface area contributed by atoms with Crippen molar-refractivity contribution in [2.75, 3.05) is 12.4 Å². The Bertz CT molecular complexity index is 254. The summed E-state index contributed by atoms with van der Waals surface area (Å²) in [6, 6.07) is 6.60. The monoisotopic (exact) mass is 185 g/mol. The lowest BCUT2D eigenvalue weighted by atomic mass is 10.4. The first-order valence-electron chi connectivity index (χ1n) is 3.96. The van der Waals surface area contributed by atoms with Gasteiger partial charge in [0, 0.05) is 6.42 Å². The van der Waals surface area contributed by atoms with Crippen molar-refractivity contribution in [3.63, 3.8) is 0 Å². The van der Waals surface area contributed by atoms with Crippen LogP contribution in [0.4, 0.5) is 4.39 Å². The first-order valence-corrected chi connectivity index (χ1v) is 5.28. The lowest BCUT2D eigenvalue weighted by Gasteiger charge is -1.95. The number of rotatable bonds is 1. The van der Waals surface area contributed by atoms with Crippen LogP contribution < -0.4 is 0 Å². The van der Waals surface area contributed by atoms with Gasteiger partial charge in [0.15, 0.2) is 16.1 Å². The smallest absolute Gasteiger partial charge is 0.190 e. The molecule has 64 valence electrons. The van der Waals surface area contributed by atoms with Gasteiger partial charge in [0.25, 0.3) is 0 Å². The highest BCUT2D eigenvalue weighted by Gasteiger charge is 2.29. The summed E-state index contributed by atoms with van der Waals surface area (Å²) in [4.78, 5) is 1.12. The molecule has 0 radical (unpaired) electrons. The Hall–Kier alpha value is -0.540. The average Bonchev–Trinajstić information content (AvgIpc) is 2.58. The minimum Gasteiger partial charge on any atom is -0.207 e. The molecule has 0 aliphatic carbocycles. The fourth-order valence-electron chi connectivity index (χ4n) is 1.18. The zero-order valence-corrected chi connectivity index (χ0v) is 7.44. The molecule has 1 aromatic rings. The molecule has 0 saturated carbocycles. The van der Waals surface area contributed by atoms with E-state index in [4.69, 9.17) is 4.18 Å². The van der Waals surface area contributed by atoms with Crippen molar-refractivity contribution in [2.24, 2.45) is 0 Å². The lowest BCUT2D eigenvalue weighted by Crippen LogP contribution is -2.01. The van der Waals surface area contributed by atoms with Gasteiger partial charge in [-0.25, -0.2) is 4.39 Å². The number of halogens is 1. The second-order valence-corrected chi connectivity index (χ2v) is 4.49. The van der Waals surface area contributed by atoms with E-state index in [1.54, 1.807) is 0 Å². The first-order chi connectivity index (χ1) is 5.86. The van der Waals surface area contributed by atoms with Gasteiger partial charge in [-0.15, -0.1) is 0 Å². The van der Waals surface area contributed by atoms with E-state index in [0.29, 0.717) is 0 Å². The molecule has 1 unspecified atom stereocenters. The molecule has 1 heterocycles. The van der Waals surface area contributed by atoms with E-state index < -0.39 is 0 Å². The van der Waals surface area contributed by atoms with E-state index in [1.807, 2.05) is 12.1 Å². The van der Waals surface area contributed by atoms with Crippen LogP contribution in [-0.2, 0) is 15.4 Å². The molecule has 1 aliphatic heterocycles. The molecule has 2 rings (SSSR count). The summed E-state index contributed by atoms with van der Waals surface area (Å²) in [5.41, 5.74) is 0. The maximum absolute atomic E-state index is 12.5. The average molecular weight is 185 g/mol. The Morgan fingerprint density at radius 2 is 2.00 bits per heavy atom. The van der Waals surface area contributed by atoms with Crippen LogP contribution >= 0.6 is 0 Å². The molecule has 0 amide bonds. The second kappa shape index (κ2) is 3.46. The highest BCUT2D eigenvalue weighted by Crippen LogP contribution is 2.21. The van der Waals surface area contributed by atoms with E-state index in [1.165, 1.54) is 12.1 Å². The topological polar surface area (TPSA) is 9.23 Å². The summed E-state index contributed by atoms with van der Waals surface area (Å²) in [5.74, 6) is 0.910. The largest absolute Gasteiger partial charge is 0.207 e. The molecule has 1 atom stereocenters. The molecule has 1 aromatic carbocycles. The van der Waals surface area contributed by atoms with Crippen LogP contribution in [0.5, 0.6) is 0 Å². The SMILES string of the molecule is Fc1ccc([S+]2CCCO2)cc1. The molecule has 12 heavy (non-hydrogen) atoms. The number of hydrogen-bond acceptors (Lipinski definition) is 1. The standard InChI is InChI=1S/C9H10FOS/c10-8-2-4-9(5-3-8)12-7-1-6-11-12/h2-5H,1,6-7H2/q+1. The van der Waals surface area contributed by atoms with Gasteiger partial charge in [0.05, 0.1) is 0 Å². The minimum absolute atomic E-state index is 0.0656. The summed E-state index contributed by atoms with van der Waals surface area (Å²) in [7, 11) is 0. The van der Waals surface area contributed by atoms with Crippen molar-refractivity contribution in [2.45, 2.75) is 11.3 Å². The zero-order chi connectivity index (χ0) is 8.39. The molecule has 1 saturated heterocycles. The minimum atomic E-state index is -0.179. The van der Waals surface area contributed by atoms with Crippen LogP contribution in [0.15, 0.2) is 29.2 Å². The van der Waals surface area contributed by atoms with Crippen molar-refractivity contribution in [3.8, 4) is 0 Å². The normalized spacial score (nSPS) is 22.9. The van der Waals surface area contributed by atoms with Crippen molar-refractivity contribution in [3.05, 3.63) is 30.1 Å². The molecule has 0 N–H and O–H groups in total. The molecule has 1 fully saturated rings. The molecule has 0 spiro atoms. The predicted molar refractivity (Wildman–Crippen MR) is 47.5 cm³/mol. The summed E-state index contributed by atoms with van der Waals surface area (Å²) in [6.45, 7) is 0.848. The highest BCUT2D eigenvalue weighted by molar-refractivity contribution is 7.92. The van der Waals surface area contributed by atoms with Crippen molar-refractivity contribution in [1.29, 1.82) is 0 Å². The van der Waals surface area contributed by atoms with Crippen LogP contribution in [-0.4, -0.2) is 12.4 Å². The first kappa shape index (κ1) is 8.08. The fraction of sp³-hybridized carbons (Fsp3) is 0.333. The van der Waals surface area contributed by atoms with Gasteiger partial charge in [0.2, 0.25) is 0 Å². The quantitative estimate of drug-likeness (QED) is 0.609. The van der Waals surface area contributed by atoms with Gasteiger partial charge < -0.3 is 0 Å². The fourth-order valence-corrected chi connectivity index (χ4v) is 2.81. The van der Waals surface area contributed by atoms with E-state index >= 15 is 0 Å². The van der Waals surface area contributed by atoms with Crippen LogP contribution in [0.1, 0.15) is 6.42 Å². The molecular formula is C9H10FOS+. The van der Waals surface area contributed by atoms with Crippen molar-refractivity contribution >= 4 is 11.2 Å². The second-order valence-electron chi connectivity index (χ2n) is 2.68. The zero-order valence-electron chi connectivity index (χ0n) is 6.63. The lowest BCUT2D eigenvalue weighted by molar-refractivity contribution is 0.394. The molecular weight excluding hydrogens is 175 g/mol. The summed E-state index contributed by atoms with van der Waals surface area (Å²) in [6.07, 6.45) is 1.13. The van der Waals surface area contributed by atoms with E-state index in [2.05, 4.69) is 0 Å². The van der Waals surface area contributed by atoms with Crippen molar-refractivity contribution < 1.29 is 8.57 Å². The van der Waals surface area contributed by atoms with Gasteiger partial charge in [-0.2, -0.15) is 4.18 Å². The summed E-state index contributed by atoms with van der Waals surface area (Å²) < 4.78 is 18.0. The Morgan fingerprint density at radius 3 is 2.58 bits per heavy atom. The molecule has 1 aliphatic rings. The Kier molecular flexibility index (Phi) is 2.33. The third-order valence-corrected chi connectivity index (χ3v) is 3.68. The van der Waals surface area contributed by atoms with Gasteiger partial charge in [0.1, 0.15) is 18.2 Å². The van der Waals surface area contributed by atoms with Gasteiger partial charge in [-0.05, 0) is 24.3 Å². The van der Waals surface area contributed by atoms with Crippen molar-refractivity contribution in [1.82, 2.24) is 0 Å². The Labute approximate surface area is 74.1 Å². The van der Waals surface area contributed by atoms with Crippen LogP contribution in [0.2, 0.25) is 0 Å². The van der Waals surface area contributed by atoms with E-state index in [-0.39, 0.29) is 17.0 Å². The number of hydrogen-bond donors (Lipinski definition) is 0. The third kappa shape index (κ3) is 1.62. The third-order valence-electron chi connectivity index (χ3n) is 1.78. The summed E-state index contributed by atoms with van der Waals surface area (Å²) >= 11 is -0.0656. The van der Waals surface area contributed by atoms with E-state index in [0.717, 1.165) is 23.7 Å². The predicted octanol–water partition coefficient (Wildman–Crippen LogP) is 2.14. The Balaban J connectivity index is 2.17. The van der Waals surface area contributed by atoms with Crippen LogP contribution in [0, 0.1) is 5.82 Å². The van der Waals surface area contributed by atoms with E-state index in [9.17, 15) is 4.39 Å². The van der Waals surface area contributed by atoms with Crippen LogP contribution in [0.3, 0.4) is 0 Å². The molecule has 3 heteroatoms. The van der Waals surface area contributed by atoms with Gasteiger partial charge in [-0.1, -0.05) is 0 Å².